The molecular formula is C19H15N3O4S. The second-order valence-electron chi connectivity index (χ2n) is 5.22. The highest BCUT2D eigenvalue weighted by Gasteiger charge is 2.13. The normalized spacial score (nSPS) is 10.6. The number of hydrazone groups is 1. The lowest BCUT2D eigenvalue weighted by molar-refractivity contribution is 0.0734. The summed E-state index contributed by atoms with van der Waals surface area (Å²) in [6, 6.07) is 11.7. The topological polar surface area (TPSA) is 89.9 Å². The molecule has 1 aromatic carbocycles. The summed E-state index contributed by atoms with van der Waals surface area (Å²) >= 11 is 1.30. The number of pyridine rings is 1. The zero-order valence-corrected chi connectivity index (χ0v) is 15.1. The summed E-state index contributed by atoms with van der Waals surface area (Å²) in [4.78, 5) is 28.3. The average Bonchev–Trinajstić information content (AvgIpc) is 3.24. The summed E-state index contributed by atoms with van der Waals surface area (Å²) in [7, 11) is 1.48. The fraction of sp³-hybridized carbons (Fsp3) is 0.0526. The Balaban J connectivity index is 1.66. The first kappa shape index (κ1) is 18.3. The Kier molecular flexibility index (Phi) is 5.91. The van der Waals surface area contributed by atoms with Crippen LogP contribution < -0.4 is 14.9 Å². The molecule has 0 aliphatic rings. The molecule has 0 aliphatic carbocycles. The summed E-state index contributed by atoms with van der Waals surface area (Å²) in [6.45, 7) is 0. The van der Waals surface area contributed by atoms with E-state index in [2.05, 4.69) is 15.5 Å². The number of nitrogens with one attached hydrogen (secondary N) is 1. The molecule has 3 aromatic rings. The van der Waals surface area contributed by atoms with E-state index < -0.39 is 5.97 Å². The Labute approximate surface area is 159 Å². The maximum atomic E-state index is 12.1. The molecule has 0 aliphatic heterocycles. The number of esters is 1. The summed E-state index contributed by atoms with van der Waals surface area (Å²) in [5.74, 6) is -0.142. The molecule has 7 nitrogen and oxygen atoms in total. The van der Waals surface area contributed by atoms with Crippen molar-refractivity contribution in [1.82, 2.24) is 10.4 Å². The number of aromatic nitrogens is 1. The third kappa shape index (κ3) is 4.77. The van der Waals surface area contributed by atoms with Crippen LogP contribution in [0.1, 0.15) is 25.6 Å². The number of carbonyl (C=O) groups excluding carboxylic acids is 2. The van der Waals surface area contributed by atoms with Crippen molar-refractivity contribution >= 4 is 29.4 Å². The van der Waals surface area contributed by atoms with Gasteiger partial charge in [-0.25, -0.2) is 10.2 Å². The van der Waals surface area contributed by atoms with Crippen molar-refractivity contribution in [1.29, 1.82) is 0 Å². The third-order valence-electron chi connectivity index (χ3n) is 3.42. The molecule has 0 saturated carbocycles. The number of carbonyl (C=O) groups is 2. The Hall–Kier alpha value is -3.52. The Morgan fingerprint density at radius 1 is 1.19 bits per heavy atom. The van der Waals surface area contributed by atoms with Crippen LogP contribution in [0.5, 0.6) is 11.5 Å². The number of ether oxygens (including phenoxy) is 2. The Morgan fingerprint density at radius 3 is 2.78 bits per heavy atom. The van der Waals surface area contributed by atoms with E-state index in [0.717, 1.165) is 0 Å². The van der Waals surface area contributed by atoms with Gasteiger partial charge < -0.3 is 9.47 Å². The van der Waals surface area contributed by atoms with Crippen molar-refractivity contribution in [2.24, 2.45) is 5.10 Å². The number of thiophene rings is 1. The zero-order chi connectivity index (χ0) is 19.1. The van der Waals surface area contributed by atoms with Gasteiger partial charge in [-0.15, -0.1) is 11.3 Å². The SMILES string of the molecule is COc1cc(/C=N/NC(=O)c2cccnc2)ccc1OC(=O)c1cccs1. The average molecular weight is 381 g/mol. The van der Waals surface area contributed by atoms with Gasteiger partial charge in [-0.2, -0.15) is 5.10 Å². The van der Waals surface area contributed by atoms with Gasteiger partial charge in [0.15, 0.2) is 11.5 Å². The van der Waals surface area contributed by atoms with E-state index in [1.807, 2.05) is 0 Å². The van der Waals surface area contributed by atoms with E-state index in [1.54, 1.807) is 54.0 Å². The third-order valence-corrected chi connectivity index (χ3v) is 4.27. The maximum absolute atomic E-state index is 12.1. The van der Waals surface area contributed by atoms with Gasteiger partial charge in [0.05, 0.1) is 18.9 Å². The van der Waals surface area contributed by atoms with Gasteiger partial charge in [0, 0.05) is 12.4 Å². The first-order valence-electron chi connectivity index (χ1n) is 7.84. The minimum absolute atomic E-state index is 0.299. The van der Waals surface area contributed by atoms with Gasteiger partial charge in [-0.05, 0) is 47.3 Å². The molecule has 2 heterocycles. The van der Waals surface area contributed by atoms with Crippen molar-refractivity contribution in [2.75, 3.05) is 7.11 Å². The number of hydrogen-bond donors (Lipinski definition) is 1. The van der Waals surface area contributed by atoms with Gasteiger partial charge in [-0.3, -0.25) is 9.78 Å². The fourth-order valence-corrected chi connectivity index (χ4v) is 2.72. The minimum atomic E-state index is -0.451. The summed E-state index contributed by atoms with van der Waals surface area (Å²) in [5, 5.41) is 5.71. The number of methoxy groups -OCH3 is 1. The molecule has 0 spiro atoms. The second kappa shape index (κ2) is 8.72. The highest BCUT2D eigenvalue weighted by molar-refractivity contribution is 7.12. The monoisotopic (exact) mass is 381 g/mol. The first-order chi connectivity index (χ1) is 13.2. The van der Waals surface area contributed by atoms with Crippen LogP contribution in [0.3, 0.4) is 0 Å². The largest absolute Gasteiger partial charge is 0.493 e. The maximum Gasteiger partial charge on any atom is 0.353 e. The van der Waals surface area contributed by atoms with Gasteiger partial charge >= 0.3 is 5.97 Å². The molecule has 136 valence electrons. The van der Waals surface area contributed by atoms with E-state index in [1.165, 1.54) is 30.9 Å². The molecule has 0 bridgehead atoms. The van der Waals surface area contributed by atoms with Gasteiger partial charge in [0.25, 0.3) is 5.91 Å². The predicted molar refractivity (Wildman–Crippen MR) is 102 cm³/mol. The fourth-order valence-electron chi connectivity index (χ4n) is 2.12. The van der Waals surface area contributed by atoms with Crippen molar-refractivity contribution < 1.29 is 19.1 Å². The minimum Gasteiger partial charge on any atom is -0.493 e. The Morgan fingerprint density at radius 2 is 2.07 bits per heavy atom. The zero-order valence-electron chi connectivity index (χ0n) is 14.3. The lowest BCUT2D eigenvalue weighted by Gasteiger charge is -2.09. The lowest BCUT2D eigenvalue weighted by Crippen LogP contribution is -2.17. The van der Waals surface area contributed by atoms with Crippen LogP contribution >= 0.6 is 11.3 Å². The van der Waals surface area contributed by atoms with Gasteiger partial charge in [-0.1, -0.05) is 6.07 Å². The molecular weight excluding hydrogens is 366 g/mol. The van der Waals surface area contributed by atoms with Gasteiger partial charge in [0.1, 0.15) is 4.88 Å². The van der Waals surface area contributed by atoms with Gasteiger partial charge in [0.2, 0.25) is 0 Å². The summed E-state index contributed by atoms with van der Waals surface area (Å²) in [6.07, 6.45) is 4.49. The van der Waals surface area contributed by atoms with Crippen molar-refractivity contribution in [3.63, 3.8) is 0 Å². The highest BCUT2D eigenvalue weighted by Crippen LogP contribution is 2.28. The highest BCUT2D eigenvalue weighted by atomic mass is 32.1. The molecule has 0 fully saturated rings. The van der Waals surface area contributed by atoms with Crippen molar-refractivity contribution in [3.8, 4) is 11.5 Å². The smallest absolute Gasteiger partial charge is 0.353 e. The molecule has 8 heteroatoms. The van der Waals surface area contributed by atoms with E-state index >= 15 is 0 Å². The Bertz CT molecular complexity index is 956. The molecule has 3 rings (SSSR count). The van der Waals surface area contributed by atoms with E-state index in [0.29, 0.717) is 27.5 Å². The van der Waals surface area contributed by atoms with Crippen LogP contribution in [0.25, 0.3) is 0 Å². The standard InChI is InChI=1S/C19H15N3O4S/c1-25-16-10-13(11-21-22-18(23)14-4-2-8-20-12-14)6-7-15(16)26-19(24)17-5-3-9-27-17/h2-12H,1H3,(H,22,23)/b21-11+. The van der Waals surface area contributed by atoms with Crippen LogP contribution in [0.15, 0.2) is 65.3 Å². The second-order valence-corrected chi connectivity index (χ2v) is 6.17. The van der Waals surface area contributed by atoms with Crippen LogP contribution in [0.4, 0.5) is 0 Å². The molecule has 1 amide bonds. The molecule has 2 aromatic heterocycles. The predicted octanol–water partition coefficient (Wildman–Crippen LogP) is 3.13. The molecule has 27 heavy (non-hydrogen) atoms. The number of hydrogen-bond acceptors (Lipinski definition) is 7. The summed E-state index contributed by atoms with van der Waals surface area (Å²) in [5.41, 5.74) is 3.48. The van der Waals surface area contributed by atoms with Crippen LogP contribution in [-0.4, -0.2) is 30.2 Å². The molecule has 0 atom stereocenters. The van der Waals surface area contributed by atoms with Crippen LogP contribution in [0, 0.1) is 0 Å². The number of rotatable bonds is 6. The van der Waals surface area contributed by atoms with E-state index in [-0.39, 0.29) is 5.91 Å². The van der Waals surface area contributed by atoms with Crippen LogP contribution in [0.2, 0.25) is 0 Å². The van der Waals surface area contributed by atoms with Crippen molar-refractivity contribution in [3.05, 3.63) is 76.2 Å². The quantitative estimate of drug-likeness (QED) is 0.307. The number of amides is 1. The number of benzene rings is 1. The summed E-state index contributed by atoms with van der Waals surface area (Å²) < 4.78 is 10.6. The first-order valence-corrected chi connectivity index (χ1v) is 8.72. The molecule has 0 unspecified atom stereocenters. The van der Waals surface area contributed by atoms with E-state index in [4.69, 9.17) is 9.47 Å². The van der Waals surface area contributed by atoms with Crippen molar-refractivity contribution in [2.45, 2.75) is 0 Å². The molecule has 0 saturated heterocycles. The van der Waals surface area contributed by atoms with E-state index in [9.17, 15) is 9.59 Å². The molecule has 0 radical (unpaired) electrons. The lowest BCUT2D eigenvalue weighted by atomic mass is 10.2. The number of nitrogens with zero attached hydrogens (tertiary/aromatic N) is 2. The molecule has 1 N–H and O–H groups in total. The van der Waals surface area contributed by atoms with Crippen LogP contribution in [-0.2, 0) is 0 Å².